The van der Waals surface area contributed by atoms with Gasteiger partial charge >= 0.3 is 0 Å². The topological polar surface area (TPSA) is 20.2 Å². The van der Waals surface area contributed by atoms with Crippen LogP contribution in [0.15, 0.2) is 23.8 Å². The minimum absolute atomic E-state index is 0.112. The minimum atomic E-state index is -0.112. The zero-order valence-corrected chi connectivity index (χ0v) is 5.25. The van der Waals surface area contributed by atoms with Crippen LogP contribution in [0.5, 0.6) is 0 Å². The van der Waals surface area contributed by atoms with E-state index in [-0.39, 0.29) is 6.10 Å². The summed E-state index contributed by atoms with van der Waals surface area (Å²) in [7, 11) is 0. The Balaban J connectivity index is 2.26. The molecule has 0 fully saturated rings. The van der Waals surface area contributed by atoms with Gasteiger partial charge in [0.1, 0.15) is 0 Å². The largest absolute Gasteiger partial charge is 0.392 e. The summed E-state index contributed by atoms with van der Waals surface area (Å²) in [6, 6.07) is 0. The highest BCUT2D eigenvalue weighted by molar-refractivity contribution is 5.29. The second-order valence-electron chi connectivity index (χ2n) is 2.74. The van der Waals surface area contributed by atoms with Crippen LogP contribution in [0.3, 0.4) is 0 Å². The molecule has 0 spiro atoms. The lowest BCUT2D eigenvalue weighted by Gasteiger charge is -2.07. The van der Waals surface area contributed by atoms with Gasteiger partial charge in [0.15, 0.2) is 0 Å². The lowest BCUT2D eigenvalue weighted by molar-refractivity contribution is 0.160. The van der Waals surface area contributed by atoms with Crippen LogP contribution in [0.25, 0.3) is 0 Å². The molecular weight excluding hydrogens is 112 g/mol. The van der Waals surface area contributed by atoms with Crippen LogP contribution in [0, 0.1) is 5.92 Å². The Kier molecular flexibility index (Phi) is 0.995. The fourth-order valence-corrected chi connectivity index (χ4v) is 1.62. The Bertz CT molecular complexity index is 179. The van der Waals surface area contributed by atoms with Crippen LogP contribution < -0.4 is 0 Å². The number of fused-ring (bicyclic) bond motifs is 1. The van der Waals surface area contributed by atoms with E-state index in [0.29, 0.717) is 5.92 Å². The molecule has 2 rings (SSSR count). The van der Waals surface area contributed by atoms with Crippen LogP contribution in [-0.4, -0.2) is 11.2 Å². The number of aliphatic hydroxyl groups is 1. The molecule has 1 nitrogen and oxygen atoms in total. The first-order valence-electron chi connectivity index (χ1n) is 3.41. The highest BCUT2D eigenvalue weighted by Crippen LogP contribution is 2.34. The molecule has 2 aliphatic carbocycles. The standard InChI is InChI=1S/C8H10O/c9-8-5-4-6-2-1-3-7(6)8/h1,3-4,7-9H,2,5H2. The van der Waals surface area contributed by atoms with Crippen molar-refractivity contribution in [2.24, 2.45) is 5.92 Å². The molecule has 9 heavy (non-hydrogen) atoms. The molecule has 0 radical (unpaired) electrons. The van der Waals surface area contributed by atoms with Gasteiger partial charge in [0, 0.05) is 5.92 Å². The van der Waals surface area contributed by atoms with E-state index in [1.807, 2.05) is 0 Å². The summed E-state index contributed by atoms with van der Waals surface area (Å²) < 4.78 is 0. The second-order valence-corrected chi connectivity index (χ2v) is 2.74. The van der Waals surface area contributed by atoms with Crippen molar-refractivity contribution in [1.82, 2.24) is 0 Å². The average Bonchev–Trinajstić information content (AvgIpc) is 2.35. The molecule has 2 atom stereocenters. The van der Waals surface area contributed by atoms with Crippen LogP contribution in [-0.2, 0) is 0 Å². The molecule has 2 aliphatic rings. The van der Waals surface area contributed by atoms with E-state index in [4.69, 9.17) is 0 Å². The normalized spacial score (nSPS) is 39.0. The summed E-state index contributed by atoms with van der Waals surface area (Å²) in [5, 5.41) is 9.30. The summed E-state index contributed by atoms with van der Waals surface area (Å²) in [5.74, 6) is 0.380. The first-order chi connectivity index (χ1) is 4.38. The van der Waals surface area contributed by atoms with E-state index in [1.165, 1.54) is 5.57 Å². The molecule has 1 heteroatoms. The van der Waals surface area contributed by atoms with Gasteiger partial charge < -0.3 is 5.11 Å². The molecule has 0 saturated heterocycles. The zero-order valence-electron chi connectivity index (χ0n) is 5.25. The SMILES string of the molecule is OC1CC=C2CC=CC21. The molecule has 0 aromatic carbocycles. The summed E-state index contributed by atoms with van der Waals surface area (Å²) in [6.07, 6.45) is 8.24. The Morgan fingerprint density at radius 1 is 1.56 bits per heavy atom. The van der Waals surface area contributed by atoms with E-state index in [9.17, 15) is 5.11 Å². The van der Waals surface area contributed by atoms with Crippen molar-refractivity contribution in [3.63, 3.8) is 0 Å². The molecule has 0 aromatic rings. The van der Waals surface area contributed by atoms with Crippen molar-refractivity contribution in [2.45, 2.75) is 18.9 Å². The van der Waals surface area contributed by atoms with Crippen molar-refractivity contribution in [3.05, 3.63) is 23.8 Å². The molecule has 48 valence electrons. The van der Waals surface area contributed by atoms with E-state index < -0.39 is 0 Å². The Morgan fingerprint density at radius 3 is 3.22 bits per heavy atom. The molecule has 0 amide bonds. The third-order valence-corrected chi connectivity index (χ3v) is 2.16. The van der Waals surface area contributed by atoms with Crippen LogP contribution in [0.4, 0.5) is 0 Å². The number of hydrogen-bond donors (Lipinski definition) is 1. The van der Waals surface area contributed by atoms with Gasteiger partial charge in [-0.25, -0.2) is 0 Å². The maximum atomic E-state index is 9.30. The Labute approximate surface area is 54.7 Å². The highest BCUT2D eigenvalue weighted by atomic mass is 16.3. The number of rotatable bonds is 0. The van der Waals surface area contributed by atoms with Gasteiger partial charge in [-0.15, -0.1) is 0 Å². The lowest BCUT2D eigenvalue weighted by atomic mass is 10.0. The fourth-order valence-electron chi connectivity index (χ4n) is 1.62. The van der Waals surface area contributed by atoms with Gasteiger partial charge in [-0.05, 0) is 12.8 Å². The van der Waals surface area contributed by atoms with Crippen LogP contribution >= 0.6 is 0 Å². The van der Waals surface area contributed by atoms with Gasteiger partial charge in [-0.3, -0.25) is 0 Å². The zero-order chi connectivity index (χ0) is 6.27. The minimum Gasteiger partial charge on any atom is -0.392 e. The third kappa shape index (κ3) is 0.648. The van der Waals surface area contributed by atoms with E-state index in [2.05, 4.69) is 18.2 Å². The quantitative estimate of drug-likeness (QED) is 0.479. The molecule has 2 unspecified atom stereocenters. The molecule has 1 N–H and O–H groups in total. The molecule has 0 saturated carbocycles. The average molecular weight is 122 g/mol. The first kappa shape index (κ1) is 5.24. The fraction of sp³-hybridized carbons (Fsp3) is 0.500. The summed E-state index contributed by atoms with van der Waals surface area (Å²) in [6.45, 7) is 0. The molecular formula is C8H10O. The van der Waals surface area contributed by atoms with E-state index >= 15 is 0 Å². The van der Waals surface area contributed by atoms with Crippen molar-refractivity contribution < 1.29 is 5.11 Å². The van der Waals surface area contributed by atoms with Crippen molar-refractivity contribution in [3.8, 4) is 0 Å². The molecule has 0 bridgehead atoms. The smallest absolute Gasteiger partial charge is 0.0674 e. The maximum Gasteiger partial charge on any atom is 0.0674 e. The monoisotopic (exact) mass is 122 g/mol. The molecule has 0 heterocycles. The number of allylic oxidation sites excluding steroid dienone is 1. The van der Waals surface area contributed by atoms with Crippen LogP contribution in [0.1, 0.15) is 12.8 Å². The summed E-state index contributed by atoms with van der Waals surface area (Å²) in [4.78, 5) is 0. The third-order valence-electron chi connectivity index (χ3n) is 2.16. The molecule has 0 aliphatic heterocycles. The van der Waals surface area contributed by atoms with Crippen molar-refractivity contribution >= 4 is 0 Å². The van der Waals surface area contributed by atoms with E-state index in [1.54, 1.807) is 0 Å². The lowest BCUT2D eigenvalue weighted by Crippen LogP contribution is -2.11. The predicted molar refractivity (Wildman–Crippen MR) is 36.0 cm³/mol. The first-order valence-corrected chi connectivity index (χ1v) is 3.41. The van der Waals surface area contributed by atoms with Gasteiger partial charge in [-0.1, -0.05) is 23.8 Å². The highest BCUT2D eigenvalue weighted by Gasteiger charge is 2.27. The maximum absolute atomic E-state index is 9.30. The van der Waals surface area contributed by atoms with Gasteiger partial charge in [0.05, 0.1) is 6.10 Å². The summed E-state index contributed by atoms with van der Waals surface area (Å²) in [5.41, 5.74) is 1.42. The van der Waals surface area contributed by atoms with Crippen molar-refractivity contribution in [1.29, 1.82) is 0 Å². The Hall–Kier alpha value is -0.560. The van der Waals surface area contributed by atoms with Crippen molar-refractivity contribution in [2.75, 3.05) is 0 Å². The number of aliphatic hydroxyl groups excluding tert-OH is 1. The van der Waals surface area contributed by atoms with E-state index in [0.717, 1.165) is 12.8 Å². The van der Waals surface area contributed by atoms with Crippen LogP contribution in [0.2, 0.25) is 0 Å². The Morgan fingerprint density at radius 2 is 2.44 bits per heavy atom. The van der Waals surface area contributed by atoms with Gasteiger partial charge in [0.25, 0.3) is 0 Å². The predicted octanol–water partition coefficient (Wildman–Crippen LogP) is 1.25. The van der Waals surface area contributed by atoms with Gasteiger partial charge in [0.2, 0.25) is 0 Å². The van der Waals surface area contributed by atoms with Gasteiger partial charge in [-0.2, -0.15) is 0 Å². The summed E-state index contributed by atoms with van der Waals surface area (Å²) >= 11 is 0. The second kappa shape index (κ2) is 1.71. The molecule has 0 aromatic heterocycles. The number of hydrogen-bond acceptors (Lipinski definition) is 1.